The van der Waals surface area contributed by atoms with Crippen LogP contribution >= 0.6 is 0 Å². The molecule has 0 saturated carbocycles. The molecule has 0 aliphatic rings. The fourth-order valence-corrected chi connectivity index (χ4v) is 1.36. The topological polar surface area (TPSA) is 50.4 Å². The lowest BCUT2D eigenvalue weighted by Gasteiger charge is -2.20. The van der Waals surface area contributed by atoms with Crippen molar-refractivity contribution in [2.45, 2.75) is 59.5 Å². The summed E-state index contributed by atoms with van der Waals surface area (Å²) in [6.45, 7) is 14.5. The number of hydrogen-bond acceptors (Lipinski definition) is 3. The number of carbonyl (C=O) groups excluding carboxylic acids is 1. The molecule has 0 saturated heterocycles. The molecule has 0 fully saturated rings. The predicted octanol–water partition coefficient (Wildman–Crippen LogP) is 3.40. The Kier molecular flexibility index (Phi) is 7.48. The van der Waals surface area contributed by atoms with Crippen molar-refractivity contribution >= 4 is 6.09 Å². The lowest BCUT2D eigenvalue weighted by molar-refractivity contribution is 0.0542. The first-order valence-corrected chi connectivity index (χ1v) is 6.67. The normalized spacial score (nSPS) is 12.7. The van der Waals surface area contributed by atoms with Gasteiger partial charge in [-0.05, 0) is 39.5 Å². The van der Waals surface area contributed by atoms with Crippen molar-refractivity contribution < 1.29 is 9.53 Å². The van der Waals surface area contributed by atoms with Crippen LogP contribution in [0.15, 0.2) is 12.4 Å². The lowest BCUT2D eigenvalue weighted by Crippen LogP contribution is -2.36. The Hall–Kier alpha value is -1.19. The van der Waals surface area contributed by atoms with Crippen molar-refractivity contribution in [3.63, 3.8) is 0 Å². The summed E-state index contributed by atoms with van der Waals surface area (Å²) in [5, 5.41) is 5.64. The van der Waals surface area contributed by atoms with E-state index in [0.717, 1.165) is 18.9 Å². The van der Waals surface area contributed by atoms with Gasteiger partial charge in [-0.15, -0.1) is 0 Å². The predicted molar refractivity (Wildman–Crippen MR) is 75.2 cm³/mol. The standard InChI is InChI=1S/C14H28N2O2/c1-7-11(2)9-8-10-15-12(3)16-13(17)18-14(4,5)6/h11,15H,3,7-10H2,1-2,4-6H3,(H,16,17)/t11-/m1/s1. The maximum atomic E-state index is 11.4. The number of amides is 1. The quantitative estimate of drug-likeness (QED) is 0.686. The summed E-state index contributed by atoms with van der Waals surface area (Å²) in [7, 11) is 0. The first kappa shape index (κ1) is 16.8. The molecule has 4 nitrogen and oxygen atoms in total. The Morgan fingerprint density at radius 1 is 1.39 bits per heavy atom. The number of ether oxygens (including phenoxy) is 1. The Labute approximate surface area is 111 Å². The van der Waals surface area contributed by atoms with E-state index in [-0.39, 0.29) is 0 Å². The molecule has 0 bridgehead atoms. The summed E-state index contributed by atoms with van der Waals surface area (Å²) < 4.78 is 5.12. The van der Waals surface area contributed by atoms with Crippen molar-refractivity contribution in [3.05, 3.63) is 12.4 Å². The van der Waals surface area contributed by atoms with E-state index in [0.29, 0.717) is 5.82 Å². The first-order valence-electron chi connectivity index (χ1n) is 6.67. The van der Waals surface area contributed by atoms with Crippen LogP contribution in [0.25, 0.3) is 0 Å². The third kappa shape index (κ3) is 10.00. The second-order valence-corrected chi connectivity index (χ2v) is 5.69. The van der Waals surface area contributed by atoms with Crippen molar-refractivity contribution in [2.24, 2.45) is 5.92 Å². The number of hydrogen-bond donors (Lipinski definition) is 2. The average Bonchev–Trinajstić information content (AvgIpc) is 2.21. The van der Waals surface area contributed by atoms with Gasteiger partial charge in [0.05, 0.1) is 0 Å². The van der Waals surface area contributed by atoms with Gasteiger partial charge < -0.3 is 10.1 Å². The summed E-state index contributed by atoms with van der Waals surface area (Å²) in [5.74, 6) is 1.24. The lowest BCUT2D eigenvalue weighted by atomic mass is 10.0. The summed E-state index contributed by atoms with van der Waals surface area (Å²) in [5.41, 5.74) is -0.485. The third-order valence-electron chi connectivity index (χ3n) is 2.56. The number of rotatable bonds is 7. The highest BCUT2D eigenvalue weighted by Crippen LogP contribution is 2.08. The SMILES string of the molecule is C=C(NCCC[C@H](C)CC)NC(=O)OC(C)(C)C. The molecule has 0 aromatic carbocycles. The molecule has 0 aromatic heterocycles. The van der Waals surface area contributed by atoms with Crippen LogP contribution in [0.5, 0.6) is 0 Å². The summed E-state index contributed by atoms with van der Waals surface area (Å²) >= 11 is 0. The Morgan fingerprint density at radius 3 is 2.50 bits per heavy atom. The molecule has 1 amide bonds. The van der Waals surface area contributed by atoms with Crippen LogP contribution in [0.3, 0.4) is 0 Å². The Bertz CT molecular complexity index is 269. The molecule has 0 rings (SSSR count). The van der Waals surface area contributed by atoms with Gasteiger partial charge in [0, 0.05) is 6.54 Å². The van der Waals surface area contributed by atoms with Crippen LogP contribution in [-0.4, -0.2) is 18.2 Å². The highest BCUT2D eigenvalue weighted by Gasteiger charge is 2.16. The minimum atomic E-state index is -0.485. The minimum Gasteiger partial charge on any atom is -0.444 e. The zero-order valence-corrected chi connectivity index (χ0v) is 12.4. The minimum absolute atomic E-state index is 0.470. The van der Waals surface area contributed by atoms with Gasteiger partial charge >= 0.3 is 6.09 Å². The molecular formula is C14H28N2O2. The molecule has 106 valence electrons. The van der Waals surface area contributed by atoms with E-state index in [2.05, 4.69) is 31.1 Å². The van der Waals surface area contributed by atoms with Gasteiger partial charge in [0.25, 0.3) is 0 Å². The maximum absolute atomic E-state index is 11.4. The molecule has 0 spiro atoms. The number of alkyl carbamates (subject to hydrolysis) is 1. The maximum Gasteiger partial charge on any atom is 0.413 e. The van der Waals surface area contributed by atoms with Crippen LogP contribution < -0.4 is 10.6 Å². The van der Waals surface area contributed by atoms with E-state index in [4.69, 9.17) is 4.74 Å². The van der Waals surface area contributed by atoms with Crippen LogP contribution in [0.2, 0.25) is 0 Å². The van der Waals surface area contributed by atoms with Gasteiger partial charge in [0.1, 0.15) is 11.4 Å². The van der Waals surface area contributed by atoms with Gasteiger partial charge in [0.2, 0.25) is 0 Å². The molecule has 0 aliphatic heterocycles. The smallest absolute Gasteiger partial charge is 0.413 e. The summed E-state index contributed by atoms with van der Waals surface area (Å²) in [6, 6.07) is 0. The van der Waals surface area contributed by atoms with Crippen LogP contribution in [-0.2, 0) is 4.74 Å². The van der Waals surface area contributed by atoms with Crippen LogP contribution in [0, 0.1) is 5.92 Å². The fraction of sp³-hybridized carbons (Fsp3) is 0.786. The average molecular weight is 256 g/mol. The van der Waals surface area contributed by atoms with Crippen molar-refractivity contribution in [2.75, 3.05) is 6.54 Å². The summed E-state index contributed by atoms with van der Waals surface area (Å²) in [4.78, 5) is 11.4. The molecule has 0 heterocycles. The number of carbonyl (C=O) groups is 1. The van der Waals surface area contributed by atoms with E-state index in [9.17, 15) is 4.79 Å². The van der Waals surface area contributed by atoms with E-state index >= 15 is 0 Å². The van der Waals surface area contributed by atoms with Crippen molar-refractivity contribution in [1.29, 1.82) is 0 Å². The second kappa shape index (κ2) is 8.01. The monoisotopic (exact) mass is 256 g/mol. The molecule has 0 aromatic rings. The van der Waals surface area contributed by atoms with E-state index in [1.807, 2.05) is 20.8 Å². The van der Waals surface area contributed by atoms with Crippen molar-refractivity contribution in [1.82, 2.24) is 10.6 Å². The number of nitrogens with one attached hydrogen (secondary N) is 2. The molecule has 18 heavy (non-hydrogen) atoms. The van der Waals surface area contributed by atoms with Crippen molar-refractivity contribution in [3.8, 4) is 0 Å². The fourth-order valence-electron chi connectivity index (χ4n) is 1.36. The highest BCUT2D eigenvalue weighted by molar-refractivity contribution is 5.69. The molecule has 0 aliphatic carbocycles. The van der Waals surface area contributed by atoms with Crippen LogP contribution in [0.1, 0.15) is 53.9 Å². The zero-order chi connectivity index (χ0) is 14.2. The molecule has 1 atom stereocenters. The highest BCUT2D eigenvalue weighted by atomic mass is 16.6. The first-order chi connectivity index (χ1) is 8.24. The molecular weight excluding hydrogens is 228 g/mol. The van der Waals surface area contributed by atoms with E-state index in [1.165, 1.54) is 12.8 Å². The Balaban J connectivity index is 3.69. The molecule has 4 heteroatoms. The van der Waals surface area contributed by atoms with Gasteiger partial charge in [-0.3, -0.25) is 5.32 Å². The Morgan fingerprint density at radius 2 is 2.00 bits per heavy atom. The largest absolute Gasteiger partial charge is 0.444 e. The molecule has 0 unspecified atom stereocenters. The third-order valence-corrected chi connectivity index (χ3v) is 2.56. The van der Waals surface area contributed by atoms with Gasteiger partial charge in [-0.1, -0.05) is 26.8 Å². The summed E-state index contributed by atoms with van der Waals surface area (Å²) in [6.07, 6.45) is 2.99. The van der Waals surface area contributed by atoms with E-state index in [1.54, 1.807) is 0 Å². The zero-order valence-electron chi connectivity index (χ0n) is 12.4. The van der Waals surface area contributed by atoms with Crippen LogP contribution in [0.4, 0.5) is 4.79 Å². The second-order valence-electron chi connectivity index (χ2n) is 5.69. The van der Waals surface area contributed by atoms with Gasteiger partial charge in [0.15, 0.2) is 0 Å². The van der Waals surface area contributed by atoms with E-state index < -0.39 is 11.7 Å². The van der Waals surface area contributed by atoms with Gasteiger partial charge in [-0.25, -0.2) is 4.79 Å². The molecule has 2 N–H and O–H groups in total. The van der Waals surface area contributed by atoms with Gasteiger partial charge in [-0.2, -0.15) is 0 Å². The molecule has 0 radical (unpaired) electrons.